The maximum absolute atomic E-state index is 13.4. The van der Waals surface area contributed by atoms with Crippen molar-refractivity contribution in [3.05, 3.63) is 65.7 Å². The molecule has 0 aromatic heterocycles. The highest BCUT2D eigenvalue weighted by atomic mass is 16.6. The average Bonchev–Trinajstić information content (AvgIpc) is 3.56. The number of carbonyl (C=O) groups is 3. The number of ether oxygens (including phenoxy) is 2. The van der Waals surface area contributed by atoms with Gasteiger partial charge in [-0.3, -0.25) is 14.4 Å². The Morgan fingerprint density at radius 1 is 1.00 bits per heavy atom. The van der Waals surface area contributed by atoms with Crippen LogP contribution in [0.3, 0.4) is 0 Å². The van der Waals surface area contributed by atoms with Crippen molar-refractivity contribution in [2.45, 2.75) is 56.8 Å². The predicted octanol–water partition coefficient (Wildman–Crippen LogP) is 1.55. The Kier molecular flexibility index (Phi) is 7.74. The number of nitrogens with one attached hydrogen (secondary N) is 2. The van der Waals surface area contributed by atoms with Crippen LogP contribution in [-0.2, 0) is 32.0 Å². The fourth-order valence-electron chi connectivity index (χ4n) is 3.50. The van der Waals surface area contributed by atoms with Gasteiger partial charge < -0.3 is 25.8 Å². The van der Waals surface area contributed by atoms with Gasteiger partial charge in [-0.05, 0) is 50.5 Å². The topological polar surface area (TPSA) is 123 Å². The number of Topliss-reactive ketones (excluding diaryl/α,β-unsaturated/α-hetero) is 1. The average molecular weight is 468 g/mol. The van der Waals surface area contributed by atoms with Gasteiger partial charge in [0.15, 0.2) is 5.78 Å². The van der Waals surface area contributed by atoms with E-state index in [1.165, 1.54) is 0 Å². The number of nitrogens with two attached hydrogens (primary N) is 1. The van der Waals surface area contributed by atoms with Crippen molar-refractivity contribution < 1.29 is 23.9 Å². The van der Waals surface area contributed by atoms with Crippen LogP contribution >= 0.6 is 0 Å². The lowest BCUT2D eigenvalue weighted by molar-refractivity contribution is -0.133. The van der Waals surface area contributed by atoms with E-state index in [2.05, 4.69) is 10.6 Å². The Labute approximate surface area is 200 Å². The van der Waals surface area contributed by atoms with E-state index in [1.54, 1.807) is 40.0 Å². The van der Waals surface area contributed by atoms with Gasteiger partial charge in [0.05, 0.1) is 25.3 Å². The van der Waals surface area contributed by atoms with Gasteiger partial charge in [0.25, 0.3) is 0 Å². The Balaban J connectivity index is 1.82. The van der Waals surface area contributed by atoms with Crippen LogP contribution in [0.4, 0.5) is 0 Å². The first-order chi connectivity index (χ1) is 16.0. The second-order valence-electron chi connectivity index (χ2n) is 9.43. The van der Waals surface area contributed by atoms with Gasteiger partial charge in [0.1, 0.15) is 17.4 Å². The zero-order valence-electron chi connectivity index (χ0n) is 20.1. The van der Waals surface area contributed by atoms with Crippen LogP contribution < -0.4 is 21.1 Å². The molecule has 3 atom stereocenters. The van der Waals surface area contributed by atoms with Crippen LogP contribution in [0.25, 0.3) is 0 Å². The van der Waals surface area contributed by atoms with E-state index in [4.69, 9.17) is 15.2 Å². The second kappa shape index (κ2) is 10.4. The van der Waals surface area contributed by atoms with E-state index < -0.39 is 35.0 Å². The van der Waals surface area contributed by atoms with Crippen LogP contribution in [0.2, 0.25) is 0 Å². The molecular weight excluding hydrogens is 434 g/mol. The number of rotatable bonds is 11. The normalized spacial score (nSPS) is 19.0. The predicted molar refractivity (Wildman–Crippen MR) is 128 cm³/mol. The number of hydrogen-bond donors (Lipinski definition) is 3. The molecule has 1 fully saturated rings. The maximum Gasteiger partial charge on any atom is 0.243 e. The number of amides is 2. The highest BCUT2D eigenvalue weighted by Gasteiger charge is 2.50. The molecule has 0 radical (unpaired) electrons. The van der Waals surface area contributed by atoms with Gasteiger partial charge in [0.2, 0.25) is 11.8 Å². The molecule has 8 nitrogen and oxygen atoms in total. The molecule has 0 bridgehead atoms. The number of hydrogen-bond acceptors (Lipinski definition) is 6. The van der Waals surface area contributed by atoms with Crippen LogP contribution in [0.5, 0.6) is 5.75 Å². The van der Waals surface area contributed by atoms with E-state index in [9.17, 15) is 14.4 Å². The molecule has 2 aromatic rings. The number of ketones is 1. The molecule has 2 amide bonds. The first kappa shape index (κ1) is 25.4. The fourth-order valence-corrected chi connectivity index (χ4v) is 3.50. The minimum atomic E-state index is -1.17. The molecule has 1 aliphatic heterocycles. The van der Waals surface area contributed by atoms with Gasteiger partial charge in [-0.25, -0.2) is 0 Å². The second-order valence-corrected chi connectivity index (χ2v) is 9.43. The third-order valence-corrected chi connectivity index (χ3v) is 5.82. The Morgan fingerprint density at radius 2 is 1.56 bits per heavy atom. The van der Waals surface area contributed by atoms with Crippen LogP contribution in [0.15, 0.2) is 54.6 Å². The Morgan fingerprint density at radius 3 is 2.09 bits per heavy atom. The molecule has 1 saturated heterocycles. The van der Waals surface area contributed by atoms with Crippen molar-refractivity contribution in [2.24, 2.45) is 5.73 Å². The summed E-state index contributed by atoms with van der Waals surface area (Å²) in [7, 11) is 1.57. The molecule has 1 aliphatic rings. The van der Waals surface area contributed by atoms with E-state index in [1.807, 2.05) is 42.5 Å². The van der Waals surface area contributed by atoms with Gasteiger partial charge >= 0.3 is 0 Å². The van der Waals surface area contributed by atoms with Crippen molar-refractivity contribution in [3.63, 3.8) is 0 Å². The lowest BCUT2D eigenvalue weighted by Gasteiger charge is -2.26. The summed E-state index contributed by atoms with van der Waals surface area (Å²) in [4.78, 5) is 39.2. The van der Waals surface area contributed by atoms with Crippen molar-refractivity contribution in [1.82, 2.24) is 10.6 Å². The third-order valence-electron chi connectivity index (χ3n) is 5.82. The minimum absolute atomic E-state index is 0.196. The van der Waals surface area contributed by atoms with E-state index >= 15 is 0 Å². The minimum Gasteiger partial charge on any atom is -0.497 e. The van der Waals surface area contributed by atoms with Crippen molar-refractivity contribution in [3.8, 4) is 5.75 Å². The fraction of sp³-hybridized carbons (Fsp3) is 0.423. The van der Waals surface area contributed by atoms with Gasteiger partial charge in [-0.1, -0.05) is 42.5 Å². The molecule has 0 saturated carbocycles. The van der Waals surface area contributed by atoms with E-state index in [-0.39, 0.29) is 12.2 Å². The van der Waals surface area contributed by atoms with E-state index in [0.717, 1.165) is 11.1 Å². The molecule has 0 unspecified atom stereocenters. The molecule has 34 heavy (non-hydrogen) atoms. The summed E-state index contributed by atoms with van der Waals surface area (Å²) in [5.74, 6) is -0.446. The number of epoxide rings is 1. The quantitative estimate of drug-likeness (QED) is 0.431. The first-order valence-corrected chi connectivity index (χ1v) is 11.3. The highest BCUT2D eigenvalue weighted by Crippen LogP contribution is 2.29. The molecule has 0 aliphatic carbocycles. The molecule has 0 spiro atoms. The van der Waals surface area contributed by atoms with Gasteiger partial charge in [0, 0.05) is 6.42 Å². The first-order valence-electron chi connectivity index (χ1n) is 11.3. The number of carbonyl (C=O) groups excluding carboxylic acids is 3. The van der Waals surface area contributed by atoms with Crippen LogP contribution in [0.1, 0.15) is 31.9 Å². The maximum atomic E-state index is 13.4. The van der Waals surface area contributed by atoms with Crippen LogP contribution in [0, 0.1) is 0 Å². The molecule has 182 valence electrons. The molecule has 1 heterocycles. The summed E-state index contributed by atoms with van der Waals surface area (Å²) in [5.41, 5.74) is 5.59. The Hall–Kier alpha value is -3.23. The summed E-state index contributed by atoms with van der Waals surface area (Å²) in [6.45, 7) is 5.17. The van der Waals surface area contributed by atoms with Gasteiger partial charge in [-0.15, -0.1) is 0 Å². The summed E-state index contributed by atoms with van der Waals surface area (Å²) in [6.07, 6.45) is 0.535. The zero-order chi connectivity index (χ0) is 24.9. The summed E-state index contributed by atoms with van der Waals surface area (Å²) in [5, 5.41) is 5.61. The standard InChI is InChI=1S/C26H33N3O5/c1-25(2,27)24(32)29-21(15-18-10-12-19(33-4)13-11-18)23(31)28-20(22(30)26(3)16-34-26)14-17-8-6-5-7-9-17/h5-13,20-21H,14-16,27H2,1-4H3,(H,28,31)(H,29,32)/t20-,21-,26-/m0/s1. The van der Waals surface area contributed by atoms with Crippen molar-refractivity contribution >= 4 is 17.6 Å². The monoisotopic (exact) mass is 467 g/mol. The molecule has 8 heteroatoms. The molecule has 3 rings (SSSR count). The van der Waals surface area contributed by atoms with E-state index in [0.29, 0.717) is 18.8 Å². The number of benzene rings is 2. The van der Waals surface area contributed by atoms with Gasteiger partial charge in [-0.2, -0.15) is 0 Å². The summed E-state index contributed by atoms with van der Waals surface area (Å²) >= 11 is 0. The lowest BCUT2D eigenvalue weighted by Crippen LogP contribution is -2.59. The zero-order valence-corrected chi connectivity index (χ0v) is 20.1. The lowest BCUT2D eigenvalue weighted by atomic mass is 9.94. The molecular formula is C26H33N3O5. The SMILES string of the molecule is COc1ccc(C[C@H](NC(=O)C(C)(C)N)C(=O)N[C@@H](Cc2ccccc2)C(=O)[C@]2(C)CO2)cc1. The third kappa shape index (κ3) is 6.65. The Bertz CT molecular complexity index is 1010. The van der Waals surface area contributed by atoms with Crippen molar-refractivity contribution in [2.75, 3.05) is 13.7 Å². The van der Waals surface area contributed by atoms with Crippen LogP contribution in [-0.4, -0.2) is 54.5 Å². The summed E-state index contributed by atoms with van der Waals surface area (Å²) < 4.78 is 10.5. The smallest absolute Gasteiger partial charge is 0.243 e. The number of methoxy groups -OCH3 is 1. The largest absolute Gasteiger partial charge is 0.497 e. The van der Waals surface area contributed by atoms with Crippen molar-refractivity contribution in [1.29, 1.82) is 0 Å². The summed E-state index contributed by atoms with van der Waals surface area (Å²) in [6, 6.07) is 14.9. The highest BCUT2D eigenvalue weighted by molar-refractivity contribution is 5.98. The molecule has 2 aromatic carbocycles. The molecule has 4 N–H and O–H groups in total.